The Morgan fingerprint density at radius 2 is 1.89 bits per heavy atom. The van der Waals surface area contributed by atoms with Crippen LogP contribution < -0.4 is 5.56 Å². The molecule has 0 amide bonds. The standard InChI is InChI=1S/C18H26NO8P/c1-13(27-28(22,23)25-4)18(2,11-24-3)12-26-17(21)19-10-9-14-7-5-6-8-15(14)16(19)20/h5-10,13,17,21H,11-12H2,1-4H3,(H,22,23)/t13?,17-,18?/m1/s1. The van der Waals surface area contributed by atoms with Crippen LogP contribution in [-0.4, -0.2) is 48.1 Å². The smallest absolute Gasteiger partial charge is 0.384 e. The highest BCUT2D eigenvalue weighted by molar-refractivity contribution is 7.47. The summed E-state index contributed by atoms with van der Waals surface area (Å²) in [7, 11) is -1.69. The Hall–Kier alpha value is -1.58. The first-order valence-electron chi connectivity index (χ1n) is 8.59. The number of pyridine rings is 1. The number of phosphoric acid groups is 1. The summed E-state index contributed by atoms with van der Waals surface area (Å²) in [5, 5.41) is 11.6. The fourth-order valence-electron chi connectivity index (χ4n) is 2.70. The first-order valence-corrected chi connectivity index (χ1v) is 10.1. The molecule has 0 bridgehead atoms. The highest BCUT2D eigenvalue weighted by Crippen LogP contribution is 2.46. The molecule has 1 aromatic heterocycles. The van der Waals surface area contributed by atoms with Crippen LogP contribution in [0.3, 0.4) is 0 Å². The monoisotopic (exact) mass is 415 g/mol. The molecule has 0 aliphatic carbocycles. The molecule has 0 radical (unpaired) electrons. The number of aromatic nitrogens is 1. The third-order valence-corrected chi connectivity index (χ3v) is 5.66. The van der Waals surface area contributed by atoms with E-state index in [-0.39, 0.29) is 13.2 Å². The summed E-state index contributed by atoms with van der Waals surface area (Å²) in [6, 6.07) is 8.71. The molecule has 9 nitrogen and oxygen atoms in total. The average Bonchev–Trinajstić information content (AvgIpc) is 2.66. The summed E-state index contributed by atoms with van der Waals surface area (Å²) < 4.78 is 33.0. The number of hydrogen-bond acceptors (Lipinski definition) is 7. The van der Waals surface area contributed by atoms with Crippen LogP contribution in [0.4, 0.5) is 0 Å². The van der Waals surface area contributed by atoms with Gasteiger partial charge in [0.2, 0.25) is 6.41 Å². The van der Waals surface area contributed by atoms with E-state index in [1.54, 1.807) is 38.1 Å². The van der Waals surface area contributed by atoms with Crippen molar-refractivity contribution in [2.24, 2.45) is 5.41 Å². The number of hydrogen-bond donors (Lipinski definition) is 2. The molecule has 0 saturated carbocycles. The van der Waals surface area contributed by atoms with Gasteiger partial charge in [0.25, 0.3) is 5.56 Å². The van der Waals surface area contributed by atoms with Crippen LogP contribution >= 0.6 is 7.82 Å². The van der Waals surface area contributed by atoms with E-state index >= 15 is 0 Å². The second kappa shape index (κ2) is 9.28. The molecule has 2 N–H and O–H groups in total. The van der Waals surface area contributed by atoms with Crippen molar-refractivity contribution in [2.45, 2.75) is 26.4 Å². The molecular formula is C18H26NO8P. The lowest BCUT2D eigenvalue weighted by atomic mass is 9.87. The molecule has 2 rings (SSSR count). The van der Waals surface area contributed by atoms with Gasteiger partial charge in [0.05, 0.1) is 19.3 Å². The number of methoxy groups -OCH3 is 1. The Morgan fingerprint density at radius 1 is 1.21 bits per heavy atom. The van der Waals surface area contributed by atoms with Crippen LogP contribution in [0.15, 0.2) is 41.3 Å². The maximum atomic E-state index is 12.6. The molecule has 1 heterocycles. The van der Waals surface area contributed by atoms with Crippen molar-refractivity contribution in [1.82, 2.24) is 4.57 Å². The van der Waals surface area contributed by atoms with E-state index in [2.05, 4.69) is 4.52 Å². The minimum Gasteiger partial charge on any atom is -0.384 e. The molecule has 156 valence electrons. The lowest BCUT2D eigenvalue weighted by Crippen LogP contribution is -2.41. The van der Waals surface area contributed by atoms with Crippen LogP contribution in [-0.2, 0) is 23.1 Å². The second-order valence-corrected chi connectivity index (χ2v) is 8.25. The maximum absolute atomic E-state index is 12.6. The van der Waals surface area contributed by atoms with Crippen LogP contribution in [0, 0.1) is 5.41 Å². The minimum atomic E-state index is -4.22. The van der Waals surface area contributed by atoms with Gasteiger partial charge in [-0.2, -0.15) is 0 Å². The van der Waals surface area contributed by atoms with Crippen molar-refractivity contribution in [1.29, 1.82) is 0 Å². The molecule has 4 atom stereocenters. The molecule has 10 heteroatoms. The molecule has 1 aromatic carbocycles. The highest BCUT2D eigenvalue weighted by Gasteiger charge is 2.38. The lowest BCUT2D eigenvalue weighted by molar-refractivity contribution is -0.189. The van der Waals surface area contributed by atoms with Gasteiger partial charge in [-0.15, -0.1) is 0 Å². The van der Waals surface area contributed by atoms with Crippen LogP contribution in [0.1, 0.15) is 20.3 Å². The van der Waals surface area contributed by atoms with E-state index < -0.39 is 31.3 Å². The van der Waals surface area contributed by atoms with E-state index in [9.17, 15) is 19.4 Å². The molecule has 0 aliphatic rings. The van der Waals surface area contributed by atoms with Gasteiger partial charge in [-0.3, -0.25) is 18.4 Å². The number of benzene rings is 1. The second-order valence-electron chi connectivity index (χ2n) is 6.74. The molecule has 0 aliphatic heterocycles. The summed E-state index contributed by atoms with van der Waals surface area (Å²) >= 11 is 0. The molecule has 0 saturated heterocycles. The predicted molar refractivity (Wildman–Crippen MR) is 103 cm³/mol. The van der Waals surface area contributed by atoms with Gasteiger partial charge in [-0.05, 0) is 24.4 Å². The number of fused-ring (bicyclic) bond motifs is 1. The SMILES string of the molecule is COCC(C)(CO[C@@H](O)n1ccc2ccccc2c1=O)C(C)OP(=O)(O)OC. The van der Waals surface area contributed by atoms with Crippen molar-refractivity contribution < 1.29 is 33.1 Å². The van der Waals surface area contributed by atoms with Crippen molar-refractivity contribution in [2.75, 3.05) is 27.4 Å². The third-order valence-electron chi connectivity index (χ3n) is 4.62. The van der Waals surface area contributed by atoms with Gasteiger partial charge in [-0.1, -0.05) is 25.1 Å². The Morgan fingerprint density at radius 3 is 2.54 bits per heavy atom. The molecule has 0 fully saturated rings. The van der Waals surface area contributed by atoms with E-state index in [1.165, 1.54) is 13.3 Å². The number of ether oxygens (including phenoxy) is 2. The van der Waals surface area contributed by atoms with Crippen molar-refractivity contribution in [3.05, 3.63) is 46.9 Å². The van der Waals surface area contributed by atoms with Crippen molar-refractivity contribution in [3.8, 4) is 0 Å². The summed E-state index contributed by atoms with van der Waals surface area (Å²) in [4.78, 5) is 22.1. The summed E-state index contributed by atoms with van der Waals surface area (Å²) in [5.74, 6) is 0. The zero-order valence-corrected chi connectivity index (χ0v) is 17.2. The van der Waals surface area contributed by atoms with Gasteiger partial charge in [0.15, 0.2) is 0 Å². The Bertz CT molecular complexity index is 901. The zero-order valence-electron chi connectivity index (χ0n) is 16.3. The fraction of sp³-hybridized carbons (Fsp3) is 0.500. The zero-order chi connectivity index (χ0) is 20.9. The molecule has 28 heavy (non-hydrogen) atoms. The minimum absolute atomic E-state index is 0.108. The number of aliphatic hydroxyl groups is 1. The predicted octanol–water partition coefficient (Wildman–Crippen LogP) is 2.27. The summed E-state index contributed by atoms with van der Waals surface area (Å²) in [6.45, 7) is 3.26. The molecule has 3 unspecified atom stereocenters. The Kier molecular flexibility index (Phi) is 7.52. The van der Waals surface area contributed by atoms with Gasteiger partial charge >= 0.3 is 7.82 Å². The quantitative estimate of drug-likeness (QED) is 0.448. The first kappa shape index (κ1) is 22.7. The van der Waals surface area contributed by atoms with Gasteiger partial charge in [-0.25, -0.2) is 4.57 Å². The van der Waals surface area contributed by atoms with Gasteiger partial charge in [0, 0.05) is 31.2 Å². The van der Waals surface area contributed by atoms with E-state index in [0.717, 1.165) is 17.1 Å². The largest absolute Gasteiger partial charge is 0.472 e. The number of aliphatic hydroxyl groups excluding tert-OH is 1. The summed E-state index contributed by atoms with van der Waals surface area (Å²) in [5.41, 5.74) is -1.31. The van der Waals surface area contributed by atoms with Crippen molar-refractivity contribution >= 4 is 18.6 Å². The topological polar surface area (TPSA) is 116 Å². The fourth-order valence-corrected chi connectivity index (χ4v) is 3.44. The van der Waals surface area contributed by atoms with Crippen molar-refractivity contribution in [3.63, 3.8) is 0 Å². The van der Waals surface area contributed by atoms with Crippen LogP contribution in [0.25, 0.3) is 10.8 Å². The Labute approximate surface area is 163 Å². The van der Waals surface area contributed by atoms with Gasteiger partial charge in [0.1, 0.15) is 0 Å². The van der Waals surface area contributed by atoms with Crippen LogP contribution in [0.5, 0.6) is 0 Å². The maximum Gasteiger partial charge on any atom is 0.472 e. The molecule has 0 spiro atoms. The van der Waals surface area contributed by atoms with E-state index in [0.29, 0.717) is 5.39 Å². The average molecular weight is 415 g/mol. The molecule has 2 aromatic rings. The number of nitrogens with zero attached hydrogens (tertiary/aromatic N) is 1. The molecular weight excluding hydrogens is 389 g/mol. The number of rotatable bonds is 10. The van der Waals surface area contributed by atoms with E-state index in [1.807, 2.05) is 6.07 Å². The third kappa shape index (κ3) is 5.27. The van der Waals surface area contributed by atoms with Crippen LogP contribution in [0.2, 0.25) is 0 Å². The van der Waals surface area contributed by atoms with Gasteiger partial charge < -0.3 is 19.5 Å². The highest BCUT2D eigenvalue weighted by atomic mass is 31.2. The first-order chi connectivity index (χ1) is 13.1. The summed E-state index contributed by atoms with van der Waals surface area (Å²) in [6.07, 6.45) is -0.928. The Balaban J connectivity index is 2.18. The lowest BCUT2D eigenvalue weighted by Gasteiger charge is -2.35. The normalized spacial score (nSPS) is 18.4. The number of phosphoric ester groups is 1. The van der Waals surface area contributed by atoms with E-state index in [4.69, 9.17) is 14.0 Å².